The van der Waals surface area contributed by atoms with E-state index in [0.717, 1.165) is 18.3 Å². The van der Waals surface area contributed by atoms with E-state index in [9.17, 15) is 0 Å². The van der Waals surface area contributed by atoms with Gasteiger partial charge in [-0.1, -0.05) is 26.0 Å². The summed E-state index contributed by atoms with van der Waals surface area (Å²) in [6, 6.07) is 0. The van der Waals surface area contributed by atoms with Crippen molar-refractivity contribution in [3.8, 4) is 0 Å². The summed E-state index contributed by atoms with van der Waals surface area (Å²) in [5, 5.41) is 0. The van der Waals surface area contributed by atoms with Crippen molar-refractivity contribution in [3.63, 3.8) is 0 Å². The molecule has 0 amide bonds. The quantitative estimate of drug-likeness (QED) is 0.575. The zero-order valence-electron chi connectivity index (χ0n) is 7.80. The lowest BCUT2D eigenvalue weighted by Crippen LogP contribution is -2.36. The van der Waals surface area contributed by atoms with Gasteiger partial charge in [-0.2, -0.15) is 0 Å². The highest BCUT2D eigenvalue weighted by atomic mass is 14.7. The molecule has 1 aliphatic rings. The highest BCUT2D eigenvalue weighted by Crippen LogP contribution is 2.28. The molecule has 1 nitrogen and oxygen atoms in total. The van der Waals surface area contributed by atoms with Crippen LogP contribution in [0.2, 0.25) is 0 Å². The average molecular weight is 153 g/mol. The second-order valence-corrected chi connectivity index (χ2v) is 4.31. The molecule has 0 saturated heterocycles. The molecule has 0 saturated carbocycles. The van der Waals surface area contributed by atoms with E-state index in [4.69, 9.17) is 5.73 Å². The van der Waals surface area contributed by atoms with Crippen molar-refractivity contribution in [2.24, 2.45) is 17.6 Å². The number of hydrogen-bond acceptors (Lipinski definition) is 1. The maximum absolute atomic E-state index is 5.95. The van der Waals surface area contributed by atoms with Crippen LogP contribution in [-0.4, -0.2) is 5.54 Å². The summed E-state index contributed by atoms with van der Waals surface area (Å²) in [7, 11) is 0. The molecular weight excluding hydrogens is 134 g/mol. The Kier molecular flexibility index (Phi) is 2.38. The summed E-state index contributed by atoms with van der Waals surface area (Å²) < 4.78 is 0. The van der Waals surface area contributed by atoms with Crippen molar-refractivity contribution in [1.29, 1.82) is 0 Å². The van der Waals surface area contributed by atoms with Gasteiger partial charge in [-0.15, -0.1) is 0 Å². The smallest absolute Gasteiger partial charge is 0.0310 e. The Labute approximate surface area is 69.7 Å². The van der Waals surface area contributed by atoms with Crippen molar-refractivity contribution < 1.29 is 0 Å². The van der Waals surface area contributed by atoms with E-state index in [1.807, 2.05) is 0 Å². The molecular formula is C10H19N. The number of allylic oxidation sites excluding steroid dienone is 1. The first kappa shape index (κ1) is 8.79. The van der Waals surface area contributed by atoms with Crippen molar-refractivity contribution in [2.45, 2.75) is 39.2 Å². The zero-order valence-corrected chi connectivity index (χ0v) is 7.80. The Hall–Kier alpha value is -0.300. The molecule has 0 aromatic carbocycles. The topological polar surface area (TPSA) is 26.0 Å². The van der Waals surface area contributed by atoms with Crippen molar-refractivity contribution >= 4 is 0 Å². The molecule has 0 fully saturated rings. The molecule has 0 heterocycles. The third-order valence-electron chi connectivity index (χ3n) is 2.60. The Morgan fingerprint density at radius 1 is 1.55 bits per heavy atom. The monoisotopic (exact) mass is 153 g/mol. The van der Waals surface area contributed by atoms with Gasteiger partial charge in [0, 0.05) is 5.54 Å². The van der Waals surface area contributed by atoms with Crippen LogP contribution in [0.4, 0.5) is 0 Å². The van der Waals surface area contributed by atoms with Gasteiger partial charge in [0.25, 0.3) is 0 Å². The fourth-order valence-corrected chi connectivity index (χ4v) is 1.56. The van der Waals surface area contributed by atoms with E-state index in [1.54, 1.807) is 0 Å². The van der Waals surface area contributed by atoms with Crippen molar-refractivity contribution in [2.75, 3.05) is 0 Å². The molecule has 2 unspecified atom stereocenters. The van der Waals surface area contributed by atoms with Gasteiger partial charge in [-0.3, -0.25) is 0 Å². The van der Waals surface area contributed by atoms with Crippen LogP contribution >= 0.6 is 0 Å². The summed E-state index contributed by atoms with van der Waals surface area (Å²) in [6.07, 6.45) is 6.84. The van der Waals surface area contributed by atoms with Crippen LogP contribution < -0.4 is 5.73 Å². The number of nitrogens with two attached hydrogens (primary N) is 1. The summed E-state index contributed by atoms with van der Waals surface area (Å²) in [5.74, 6) is 1.52. The molecule has 0 radical (unpaired) electrons. The highest BCUT2D eigenvalue weighted by molar-refractivity contribution is 5.08. The lowest BCUT2D eigenvalue weighted by molar-refractivity contribution is 0.358. The Morgan fingerprint density at radius 2 is 2.18 bits per heavy atom. The molecule has 0 spiro atoms. The molecule has 0 bridgehead atoms. The van der Waals surface area contributed by atoms with Crippen LogP contribution in [0, 0.1) is 11.8 Å². The minimum Gasteiger partial charge on any atom is -0.322 e. The van der Waals surface area contributed by atoms with Gasteiger partial charge in [0.05, 0.1) is 0 Å². The van der Waals surface area contributed by atoms with Gasteiger partial charge in [-0.25, -0.2) is 0 Å². The predicted molar refractivity (Wildman–Crippen MR) is 49.3 cm³/mol. The van der Waals surface area contributed by atoms with Gasteiger partial charge in [0.15, 0.2) is 0 Å². The maximum atomic E-state index is 5.95. The lowest BCUT2D eigenvalue weighted by atomic mass is 9.80. The van der Waals surface area contributed by atoms with Gasteiger partial charge in [0.1, 0.15) is 0 Å². The van der Waals surface area contributed by atoms with E-state index in [-0.39, 0.29) is 5.54 Å². The Bertz CT molecular complexity index is 156. The van der Waals surface area contributed by atoms with Crippen molar-refractivity contribution in [1.82, 2.24) is 0 Å². The van der Waals surface area contributed by atoms with Gasteiger partial charge in [0.2, 0.25) is 0 Å². The van der Waals surface area contributed by atoms with Crippen molar-refractivity contribution in [3.05, 3.63) is 12.2 Å². The molecule has 64 valence electrons. The first-order valence-electron chi connectivity index (χ1n) is 4.49. The first-order chi connectivity index (χ1) is 5.01. The molecule has 1 aliphatic carbocycles. The molecule has 2 atom stereocenters. The lowest BCUT2D eigenvalue weighted by Gasteiger charge is -2.30. The summed E-state index contributed by atoms with van der Waals surface area (Å²) in [6.45, 7) is 6.64. The van der Waals surface area contributed by atoms with E-state index in [1.165, 1.54) is 6.42 Å². The van der Waals surface area contributed by atoms with Gasteiger partial charge < -0.3 is 5.73 Å². The van der Waals surface area contributed by atoms with Crippen LogP contribution in [0.3, 0.4) is 0 Å². The fourth-order valence-electron chi connectivity index (χ4n) is 1.56. The normalized spacial score (nSPS) is 38.1. The highest BCUT2D eigenvalue weighted by Gasteiger charge is 2.23. The van der Waals surface area contributed by atoms with Gasteiger partial charge in [-0.05, 0) is 31.6 Å². The third-order valence-corrected chi connectivity index (χ3v) is 2.60. The standard InChI is InChI=1S/C10H19N/c1-8(2)9-4-6-10(3,11)7-5-9/h4,6,8-9H,5,7,11H2,1-3H3. The van der Waals surface area contributed by atoms with E-state index in [2.05, 4.69) is 32.9 Å². The average Bonchev–Trinajstić information content (AvgIpc) is 1.86. The summed E-state index contributed by atoms with van der Waals surface area (Å²) in [4.78, 5) is 0. The molecule has 0 aliphatic heterocycles. The maximum Gasteiger partial charge on any atom is 0.0310 e. The van der Waals surface area contributed by atoms with E-state index < -0.39 is 0 Å². The molecule has 11 heavy (non-hydrogen) atoms. The minimum atomic E-state index is -0.0363. The minimum absolute atomic E-state index is 0.0363. The fraction of sp³-hybridized carbons (Fsp3) is 0.800. The SMILES string of the molecule is CC(C)C1C=CC(C)(N)CC1. The summed E-state index contributed by atoms with van der Waals surface area (Å²) in [5.41, 5.74) is 5.92. The molecule has 0 aromatic heterocycles. The van der Waals surface area contributed by atoms with Crippen LogP contribution in [0.25, 0.3) is 0 Å². The van der Waals surface area contributed by atoms with Crippen LogP contribution in [0.15, 0.2) is 12.2 Å². The van der Waals surface area contributed by atoms with E-state index in [0.29, 0.717) is 0 Å². The van der Waals surface area contributed by atoms with Gasteiger partial charge >= 0.3 is 0 Å². The van der Waals surface area contributed by atoms with E-state index >= 15 is 0 Å². The number of rotatable bonds is 1. The van der Waals surface area contributed by atoms with Crippen LogP contribution in [0.5, 0.6) is 0 Å². The van der Waals surface area contributed by atoms with Crippen LogP contribution in [0.1, 0.15) is 33.6 Å². The molecule has 0 aromatic rings. The largest absolute Gasteiger partial charge is 0.322 e. The van der Waals surface area contributed by atoms with Crippen LogP contribution in [-0.2, 0) is 0 Å². The second kappa shape index (κ2) is 2.98. The Balaban J connectivity index is 2.56. The second-order valence-electron chi connectivity index (χ2n) is 4.31. The molecule has 1 rings (SSSR count). The zero-order chi connectivity index (χ0) is 8.48. The third kappa shape index (κ3) is 2.33. The molecule has 1 heteroatoms. The first-order valence-corrected chi connectivity index (χ1v) is 4.49. The number of hydrogen-bond donors (Lipinski definition) is 1. The Morgan fingerprint density at radius 3 is 2.55 bits per heavy atom. The molecule has 2 N–H and O–H groups in total. The predicted octanol–water partition coefficient (Wildman–Crippen LogP) is 2.33. The summed E-state index contributed by atoms with van der Waals surface area (Å²) >= 11 is 0.